The maximum absolute atomic E-state index is 10.6. The zero-order valence-electron chi connectivity index (χ0n) is 7.50. The monoisotopic (exact) mass is 190 g/mol. The summed E-state index contributed by atoms with van der Waals surface area (Å²) in [5.74, 6) is 0. The predicted molar refractivity (Wildman–Crippen MR) is 52.3 cm³/mol. The minimum Gasteiger partial charge on any atom is -0.299 e. The first kappa shape index (κ1) is 10.1. The molecule has 0 aliphatic heterocycles. The van der Waals surface area contributed by atoms with Crippen LogP contribution in [0.3, 0.4) is 0 Å². The second-order valence-corrected chi connectivity index (χ2v) is 2.75. The number of benzene rings is 1. The molecule has 0 saturated heterocycles. The second kappa shape index (κ2) is 5.61. The van der Waals surface area contributed by atoms with Crippen molar-refractivity contribution in [2.75, 3.05) is 0 Å². The SMILES string of the molecule is [N-]=[N+]=NNC(C=O)Cc1ccccc1. The van der Waals surface area contributed by atoms with Gasteiger partial charge in [-0.15, -0.1) is 5.53 Å². The third-order valence-corrected chi connectivity index (χ3v) is 1.73. The third kappa shape index (κ3) is 3.16. The van der Waals surface area contributed by atoms with Gasteiger partial charge in [-0.2, -0.15) is 4.91 Å². The second-order valence-electron chi connectivity index (χ2n) is 2.75. The van der Waals surface area contributed by atoms with E-state index >= 15 is 0 Å². The summed E-state index contributed by atoms with van der Waals surface area (Å²) in [5, 5.41) is 3.14. The standard InChI is InChI=1S/C9H10N4O/c10-12-13-11-9(7-14)6-8-4-2-1-3-5-8/h1-5,7,9,11H,6H2. The quantitative estimate of drug-likeness (QED) is 0.252. The van der Waals surface area contributed by atoms with Crippen LogP contribution in [0.4, 0.5) is 0 Å². The van der Waals surface area contributed by atoms with Crippen molar-refractivity contribution in [3.8, 4) is 0 Å². The number of carbonyl (C=O) groups excluding carboxylic acids is 1. The zero-order chi connectivity index (χ0) is 10.2. The lowest BCUT2D eigenvalue weighted by atomic mass is 10.1. The minimum absolute atomic E-state index is 0.465. The van der Waals surface area contributed by atoms with Gasteiger partial charge in [0.15, 0.2) is 12.3 Å². The maximum Gasteiger partial charge on any atom is 0.164 e. The molecule has 0 amide bonds. The molecule has 72 valence electrons. The van der Waals surface area contributed by atoms with Crippen molar-refractivity contribution in [1.82, 2.24) is 5.43 Å². The van der Waals surface area contributed by atoms with Gasteiger partial charge in [0.1, 0.15) is 0 Å². The summed E-state index contributed by atoms with van der Waals surface area (Å²) in [4.78, 5) is 13.1. The van der Waals surface area contributed by atoms with Gasteiger partial charge in [-0.05, 0) is 10.8 Å². The van der Waals surface area contributed by atoms with Gasteiger partial charge in [0.25, 0.3) is 0 Å². The fraction of sp³-hybridized carbons (Fsp3) is 0.222. The zero-order valence-corrected chi connectivity index (χ0v) is 7.50. The fourth-order valence-corrected chi connectivity index (χ4v) is 1.09. The van der Waals surface area contributed by atoms with Crippen LogP contribution in [0.15, 0.2) is 35.6 Å². The van der Waals surface area contributed by atoms with E-state index in [0.717, 1.165) is 11.8 Å². The molecule has 5 nitrogen and oxygen atoms in total. The lowest BCUT2D eigenvalue weighted by Crippen LogP contribution is -2.27. The molecule has 0 aliphatic rings. The largest absolute Gasteiger partial charge is 0.299 e. The topological polar surface area (TPSA) is 77.9 Å². The van der Waals surface area contributed by atoms with E-state index in [0.29, 0.717) is 6.42 Å². The normalized spacial score (nSPS) is 11.1. The highest BCUT2D eigenvalue weighted by Gasteiger charge is 2.08. The first-order valence-electron chi connectivity index (χ1n) is 4.15. The number of rotatable bonds is 5. The van der Waals surface area contributed by atoms with Gasteiger partial charge < -0.3 is 0 Å². The van der Waals surface area contributed by atoms with Gasteiger partial charge in [-0.1, -0.05) is 30.3 Å². The van der Waals surface area contributed by atoms with E-state index in [9.17, 15) is 4.79 Å². The molecule has 0 fully saturated rings. The van der Waals surface area contributed by atoms with E-state index in [-0.39, 0.29) is 0 Å². The Hall–Kier alpha value is -2.00. The summed E-state index contributed by atoms with van der Waals surface area (Å²) in [5.41, 5.74) is 11.5. The van der Waals surface area contributed by atoms with Gasteiger partial charge >= 0.3 is 0 Å². The van der Waals surface area contributed by atoms with Crippen LogP contribution in [0.2, 0.25) is 0 Å². The number of aldehydes is 1. The van der Waals surface area contributed by atoms with Gasteiger partial charge in [-0.25, -0.2) is 0 Å². The van der Waals surface area contributed by atoms with E-state index < -0.39 is 6.04 Å². The molecule has 1 aromatic carbocycles. The molecule has 1 rings (SSSR count). The number of hydrogen-bond donors (Lipinski definition) is 1. The molecular formula is C9H10N4O. The Kier molecular flexibility index (Phi) is 4.04. The highest BCUT2D eigenvalue weighted by Crippen LogP contribution is 2.01. The van der Waals surface area contributed by atoms with Crippen molar-refractivity contribution in [3.63, 3.8) is 0 Å². The van der Waals surface area contributed by atoms with Crippen molar-refractivity contribution in [2.45, 2.75) is 12.5 Å². The van der Waals surface area contributed by atoms with Crippen molar-refractivity contribution < 1.29 is 4.79 Å². The highest BCUT2D eigenvalue weighted by molar-refractivity contribution is 5.58. The van der Waals surface area contributed by atoms with Crippen LogP contribution in [0, 0.1) is 0 Å². The molecule has 0 aromatic heterocycles. The molecular weight excluding hydrogens is 180 g/mol. The number of nitrogens with zero attached hydrogens (tertiary/aromatic N) is 3. The van der Waals surface area contributed by atoms with E-state index in [1.807, 2.05) is 30.3 Å². The predicted octanol–water partition coefficient (Wildman–Crippen LogP) is 1.61. The van der Waals surface area contributed by atoms with E-state index in [1.54, 1.807) is 0 Å². The molecule has 1 unspecified atom stereocenters. The smallest absolute Gasteiger partial charge is 0.164 e. The van der Waals surface area contributed by atoms with Crippen molar-refractivity contribution >= 4 is 6.29 Å². The Morgan fingerprint density at radius 2 is 2.21 bits per heavy atom. The molecule has 1 N–H and O–H groups in total. The average Bonchev–Trinajstić information content (AvgIpc) is 2.25. The Morgan fingerprint density at radius 1 is 1.50 bits per heavy atom. The van der Waals surface area contributed by atoms with E-state index in [1.165, 1.54) is 0 Å². The number of azide groups is 1. The maximum atomic E-state index is 10.6. The summed E-state index contributed by atoms with van der Waals surface area (Å²) in [6.45, 7) is 0. The van der Waals surface area contributed by atoms with Gasteiger partial charge in [-0.3, -0.25) is 10.2 Å². The third-order valence-electron chi connectivity index (χ3n) is 1.73. The Labute approximate surface area is 81.3 Å². The van der Waals surface area contributed by atoms with Gasteiger partial charge in [0.2, 0.25) is 0 Å². The van der Waals surface area contributed by atoms with Crippen LogP contribution >= 0.6 is 0 Å². The fourth-order valence-electron chi connectivity index (χ4n) is 1.09. The molecule has 0 radical (unpaired) electrons. The molecule has 1 aromatic rings. The van der Waals surface area contributed by atoms with Crippen LogP contribution in [-0.2, 0) is 11.2 Å². The molecule has 1 atom stereocenters. The first-order chi connectivity index (χ1) is 6.86. The summed E-state index contributed by atoms with van der Waals surface area (Å²) < 4.78 is 0. The molecule has 14 heavy (non-hydrogen) atoms. The number of hydrogen-bond acceptors (Lipinski definition) is 2. The Morgan fingerprint density at radius 3 is 2.79 bits per heavy atom. The average molecular weight is 190 g/mol. The summed E-state index contributed by atoms with van der Waals surface area (Å²) >= 11 is 0. The minimum atomic E-state index is -0.465. The summed E-state index contributed by atoms with van der Waals surface area (Å²) in [6.07, 6.45) is 1.24. The number of nitrogens with one attached hydrogen (secondary N) is 1. The van der Waals surface area contributed by atoms with Crippen molar-refractivity contribution in [3.05, 3.63) is 46.3 Å². The highest BCUT2D eigenvalue weighted by atomic mass is 16.1. The van der Waals surface area contributed by atoms with Gasteiger partial charge in [0.05, 0.1) is 0 Å². The van der Waals surface area contributed by atoms with Gasteiger partial charge in [0, 0.05) is 6.42 Å². The van der Waals surface area contributed by atoms with E-state index in [2.05, 4.69) is 15.6 Å². The molecule has 0 saturated carbocycles. The van der Waals surface area contributed by atoms with Crippen LogP contribution in [-0.4, -0.2) is 12.3 Å². The van der Waals surface area contributed by atoms with Crippen LogP contribution in [0.25, 0.3) is 10.4 Å². The summed E-state index contributed by atoms with van der Waals surface area (Å²) in [7, 11) is 0. The number of carbonyl (C=O) groups is 1. The Bertz CT molecular complexity index is 332. The lowest BCUT2D eigenvalue weighted by Gasteiger charge is -2.05. The molecule has 0 spiro atoms. The summed E-state index contributed by atoms with van der Waals surface area (Å²) in [6, 6.07) is 9.05. The lowest BCUT2D eigenvalue weighted by molar-refractivity contribution is -0.109. The van der Waals surface area contributed by atoms with Crippen LogP contribution in [0.5, 0.6) is 0 Å². The van der Waals surface area contributed by atoms with E-state index in [4.69, 9.17) is 5.53 Å². The molecule has 0 aliphatic carbocycles. The molecule has 5 heteroatoms. The van der Waals surface area contributed by atoms with Crippen LogP contribution in [0.1, 0.15) is 5.56 Å². The molecule has 0 bridgehead atoms. The first-order valence-corrected chi connectivity index (χ1v) is 4.15. The molecule has 0 heterocycles. The van der Waals surface area contributed by atoms with Crippen molar-refractivity contribution in [1.29, 1.82) is 0 Å². The van der Waals surface area contributed by atoms with Crippen molar-refractivity contribution in [2.24, 2.45) is 5.22 Å². The Balaban J connectivity index is 2.56. The van der Waals surface area contributed by atoms with Crippen LogP contribution < -0.4 is 5.43 Å².